The lowest BCUT2D eigenvalue weighted by Crippen LogP contribution is -2.30. The van der Waals surface area contributed by atoms with Gasteiger partial charge in [-0.1, -0.05) is 81.3 Å². The summed E-state index contributed by atoms with van der Waals surface area (Å²) >= 11 is 0. The van der Waals surface area contributed by atoms with Gasteiger partial charge >= 0.3 is 0 Å². The highest BCUT2D eigenvalue weighted by molar-refractivity contribution is 6.78. The number of hydrogen-bond acceptors (Lipinski definition) is 0. The van der Waals surface area contributed by atoms with Crippen LogP contribution in [0.15, 0.2) is 42.0 Å². The summed E-state index contributed by atoms with van der Waals surface area (Å²) in [7, 11) is -2.23. The van der Waals surface area contributed by atoms with E-state index in [-0.39, 0.29) is 0 Å². The maximum Gasteiger partial charge on any atom is 0.0565 e. The second-order valence-corrected chi connectivity index (χ2v) is 18.8. The van der Waals surface area contributed by atoms with Crippen LogP contribution in [0.4, 0.5) is 0 Å². The molecule has 0 amide bonds. The zero-order chi connectivity index (χ0) is 14.7. The fourth-order valence-electron chi connectivity index (χ4n) is 2.69. The monoisotopic (exact) mass is 290 g/mol. The first kappa shape index (κ1) is 16.4. The van der Waals surface area contributed by atoms with Crippen molar-refractivity contribution in [1.82, 2.24) is 0 Å². The molecule has 1 rings (SSSR count). The molecule has 0 saturated carbocycles. The van der Waals surface area contributed by atoms with Gasteiger partial charge in [-0.25, -0.2) is 0 Å². The van der Waals surface area contributed by atoms with Gasteiger partial charge in [-0.2, -0.15) is 0 Å². The second kappa shape index (κ2) is 6.23. The van der Waals surface area contributed by atoms with Crippen molar-refractivity contribution in [3.05, 3.63) is 47.5 Å². The molecule has 0 N–H and O–H groups in total. The molecule has 1 atom stereocenters. The van der Waals surface area contributed by atoms with Gasteiger partial charge in [0.05, 0.1) is 8.07 Å². The van der Waals surface area contributed by atoms with Crippen LogP contribution in [0.25, 0.3) is 0 Å². The van der Waals surface area contributed by atoms with Gasteiger partial charge in [-0.05, 0) is 24.1 Å². The molecular formula is C17H30Si2. The van der Waals surface area contributed by atoms with E-state index in [9.17, 15) is 0 Å². The highest BCUT2D eigenvalue weighted by Crippen LogP contribution is 2.31. The maximum atomic E-state index is 2.57. The Hall–Kier alpha value is -0.606. The predicted molar refractivity (Wildman–Crippen MR) is 94.4 cm³/mol. The Labute approximate surface area is 122 Å². The summed E-state index contributed by atoms with van der Waals surface area (Å²) in [6.07, 6.45) is 2.57. The smallest absolute Gasteiger partial charge is 0.0565 e. The van der Waals surface area contributed by atoms with E-state index in [0.29, 0.717) is 5.54 Å². The summed E-state index contributed by atoms with van der Waals surface area (Å²) in [5.74, 6) is 0. The molecule has 1 aromatic carbocycles. The van der Waals surface area contributed by atoms with E-state index in [1.807, 2.05) is 0 Å². The van der Waals surface area contributed by atoms with Crippen LogP contribution in [0.5, 0.6) is 0 Å². The van der Waals surface area contributed by atoms with Gasteiger partial charge in [0, 0.05) is 8.07 Å². The Bertz CT molecular complexity index is 419. The highest BCUT2D eigenvalue weighted by atomic mass is 28.3. The lowest BCUT2D eigenvalue weighted by molar-refractivity contribution is 1.10. The van der Waals surface area contributed by atoms with Crippen molar-refractivity contribution in [1.29, 1.82) is 0 Å². The topological polar surface area (TPSA) is 0 Å². The highest BCUT2D eigenvalue weighted by Gasteiger charge is 2.26. The summed E-state index contributed by atoms with van der Waals surface area (Å²) < 4.78 is 0. The SMILES string of the molecule is C/C(=C\C(c1ccccc1)[Si](C)(C)C)C[Si](C)(C)C. The Morgan fingerprint density at radius 1 is 1.00 bits per heavy atom. The molecule has 0 bridgehead atoms. The Balaban J connectivity index is 3.04. The van der Waals surface area contributed by atoms with Crippen LogP contribution in [0, 0.1) is 0 Å². The molecule has 1 unspecified atom stereocenters. The molecule has 106 valence electrons. The van der Waals surface area contributed by atoms with Gasteiger partial charge in [0.25, 0.3) is 0 Å². The largest absolute Gasteiger partial charge is 0.0811 e. The average molecular weight is 291 g/mol. The van der Waals surface area contributed by atoms with E-state index in [1.54, 1.807) is 5.57 Å². The van der Waals surface area contributed by atoms with E-state index < -0.39 is 16.1 Å². The molecule has 19 heavy (non-hydrogen) atoms. The molecular weight excluding hydrogens is 260 g/mol. The first-order chi connectivity index (χ1) is 8.59. The van der Waals surface area contributed by atoms with E-state index in [0.717, 1.165) is 0 Å². The fraction of sp³-hybridized carbons (Fsp3) is 0.529. The maximum absolute atomic E-state index is 2.57. The normalized spacial score (nSPS) is 15.4. The lowest BCUT2D eigenvalue weighted by atomic mass is 10.1. The van der Waals surface area contributed by atoms with Gasteiger partial charge in [0.15, 0.2) is 0 Å². The van der Waals surface area contributed by atoms with Crippen molar-refractivity contribution in [2.75, 3.05) is 0 Å². The van der Waals surface area contributed by atoms with Gasteiger partial charge in [0.1, 0.15) is 0 Å². The molecule has 0 fully saturated rings. The number of benzene rings is 1. The minimum atomic E-state index is -1.23. The van der Waals surface area contributed by atoms with Crippen LogP contribution in [-0.4, -0.2) is 16.1 Å². The van der Waals surface area contributed by atoms with Crippen LogP contribution in [0.3, 0.4) is 0 Å². The Kier molecular flexibility index (Phi) is 5.39. The summed E-state index contributed by atoms with van der Waals surface area (Å²) in [5, 5.41) is 0. The quantitative estimate of drug-likeness (QED) is 0.465. The van der Waals surface area contributed by atoms with Crippen molar-refractivity contribution in [3.63, 3.8) is 0 Å². The summed E-state index contributed by atoms with van der Waals surface area (Å²) in [6.45, 7) is 17.1. The van der Waals surface area contributed by atoms with E-state index >= 15 is 0 Å². The van der Waals surface area contributed by atoms with E-state index in [4.69, 9.17) is 0 Å². The molecule has 1 aromatic rings. The van der Waals surface area contributed by atoms with E-state index in [1.165, 1.54) is 11.6 Å². The third kappa shape index (κ3) is 5.92. The molecule has 0 spiro atoms. The van der Waals surface area contributed by atoms with Crippen molar-refractivity contribution in [2.24, 2.45) is 0 Å². The molecule has 0 aliphatic heterocycles. The average Bonchev–Trinajstić information content (AvgIpc) is 2.23. The number of allylic oxidation sites excluding steroid dienone is 2. The second-order valence-electron chi connectivity index (χ2n) is 8.00. The fourth-order valence-corrected chi connectivity index (χ4v) is 6.45. The summed E-state index contributed by atoms with van der Waals surface area (Å²) in [4.78, 5) is 0. The third-order valence-corrected chi connectivity index (χ3v) is 7.34. The number of rotatable bonds is 5. The number of hydrogen-bond donors (Lipinski definition) is 0. The first-order valence-corrected chi connectivity index (χ1v) is 14.6. The van der Waals surface area contributed by atoms with Gasteiger partial charge in [-0.3, -0.25) is 0 Å². The Morgan fingerprint density at radius 2 is 1.53 bits per heavy atom. The lowest BCUT2D eigenvalue weighted by Gasteiger charge is -2.28. The van der Waals surface area contributed by atoms with Crippen molar-refractivity contribution < 1.29 is 0 Å². The molecule has 0 aromatic heterocycles. The molecule has 0 aliphatic carbocycles. The zero-order valence-corrected chi connectivity index (χ0v) is 15.7. The molecule has 2 heteroatoms. The Morgan fingerprint density at radius 3 is 1.95 bits per heavy atom. The standard InChI is InChI=1S/C17H30Si2/c1-15(14-18(2,3)4)13-17(19(5,6)7)16-11-9-8-10-12-16/h8-13,17H,14H2,1-7H3/b15-13+. The van der Waals surface area contributed by atoms with Crippen LogP contribution in [-0.2, 0) is 0 Å². The third-order valence-electron chi connectivity index (χ3n) is 3.35. The summed E-state index contributed by atoms with van der Waals surface area (Å²) in [6, 6.07) is 12.4. The molecule has 0 saturated heterocycles. The van der Waals surface area contributed by atoms with Crippen LogP contribution < -0.4 is 0 Å². The minimum Gasteiger partial charge on any atom is -0.0811 e. The van der Waals surface area contributed by atoms with Crippen LogP contribution in [0.2, 0.25) is 45.3 Å². The predicted octanol–water partition coefficient (Wildman–Crippen LogP) is 5.93. The van der Waals surface area contributed by atoms with Crippen molar-refractivity contribution >= 4 is 16.1 Å². The van der Waals surface area contributed by atoms with Gasteiger partial charge < -0.3 is 0 Å². The molecule has 0 radical (unpaired) electrons. The van der Waals surface area contributed by atoms with E-state index in [2.05, 4.69) is 82.6 Å². The van der Waals surface area contributed by atoms with Crippen molar-refractivity contribution in [2.45, 2.75) is 57.8 Å². The van der Waals surface area contributed by atoms with Gasteiger partial charge in [-0.15, -0.1) is 0 Å². The van der Waals surface area contributed by atoms with Crippen LogP contribution in [0.1, 0.15) is 18.0 Å². The van der Waals surface area contributed by atoms with Gasteiger partial charge in [0.2, 0.25) is 0 Å². The summed E-state index contributed by atoms with van der Waals surface area (Å²) in [5.41, 5.74) is 3.73. The van der Waals surface area contributed by atoms with Crippen molar-refractivity contribution in [3.8, 4) is 0 Å². The zero-order valence-electron chi connectivity index (χ0n) is 13.7. The molecule has 0 nitrogen and oxygen atoms in total. The minimum absolute atomic E-state index is 0.644. The van der Waals surface area contributed by atoms with Crippen LogP contribution >= 0.6 is 0 Å². The first-order valence-electron chi connectivity index (χ1n) is 7.32. The molecule has 0 aliphatic rings. The molecule has 0 heterocycles.